The third kappa shape index (κ3) is 9.82. The summed E-state index contributed by atoms with van der Waals surface area (Å²) in [5, 5.41) is 0.535. The summed E-state index contributed by atoms with van der Waals surface area (Å²) in [6, 6.07) is 9.04. The largest absolute Gasteiger partial charge is 0.496 e. The van der Waals surface area contributed by atoms with Crippen molar-refractivity contribution in [2.24, 2.45) is 5.41 Å². The molecular weight excluding hydrogens is 757 g/mol. The van der Waals surface area contributed by atoms with Crippen LogP contribution in [0.3, 0.4) is 0 Å². The zero-order valence-electron chi connectivity index (χ0n) is 29.9. The van der Waals surface area contributed by atoms with Crippen LogP contribution in [0.1, 0.15) is 89.9 Å². The van der Waals surface area contributed by atoms with Crippen LogP contribution in [-0.2, 0) is 28.0 Å². The van der Waals surface area contributed by atoms with Gasteiger partial charge < -0.3 is 14.2 Å². The van der Waals surface area contributed by atoms with Gasteiger partial charge in [-0.3, -0.25) is 4.90 Å². The Bertz CT molecular complexity index is 1890. The van der Waals surface area contributed by atoms with Crippen LogP contribution in [0.2, 0.25) is 5.02 Å². The van der Waals surface area contributed by atoms with Crippen LogP contribution in [0.5, 0.6) is 5.75 Å². The van der Waals surface area contributed by atoms with Gasteiger partial charge in [0.25, 0.3) is 0 Å². The van der Waals surface area contributed by atoms with E-state index in [4.69, 9.17) is 21.1 Å². The maximum atomic E-state index is 13.6. The molecule has 1 aliphatic heterocycles. The molecule has 5 rings (SSSR count). The molecule has 1 fully saturated rings. The molecule has 1 saturated heterocycles. The molecule has 1 amide bonds. The van der Waals surface area contributed by atoms with Crippen molar-refractivity contribution in [1.29, 1.82) is 0 Å². The number of carbonyl (C=O) groups excluding carboxylic acids is 2. The SMILES string of the molecule is COC(=O)c1cccc(Cl)c1.COc1cc(C(F)(F)F)c(C)cc1C1=C(CN2C(=O)OC(c3cc(C(F)(F)F)cc(C(F)(F)F)c3)C2C)CC(C)(C)CC1. The van der Waals surface area contributed by atoms with Crippen molar-refractivity contribution in [3.8, 4) is 5.75 Å². The summed E-state index contributed by atoms with van der Waals surface area (Å²) >= 11 is 5.64. The number of amides is 1. The van der Waals surface area contributed by atoms with Crippen LogP contribution in [0.15, 0.2) is 60.2 Å². The molecule has 2 unspecified atom stereocenters. The second-order valence-corrected chi connectivity index (χ2v) is 14.2. The minimum absolute atomic E-state index is 0.00331. The normalized spacial score (nSPS) is 18.9. The first-order valence-corrected chi connectivity index (χ1v) is 16.8. The summed E-state index contributed by atoms with van der Waals surface area (Å²) in [5.74, 6) is -0.379. The van der Waals surface area contributed by atoms with Crippen molar-refractivity contribution in [2.45, 2.75) is 77.6 Å². The minimum atomic E-state index is -5.08. The van der Waals surface area contributed by atoms with Gasteiger partial charge in [-0.05, 0) is 109 Å². The van der Waals surface area contributed by atoms with E-state index in [1.807, 2.05) is 13.8 Å². The lowest BCUT2D eigenvalue weighted by atomic mass is 9.72. The van der Waals surface area contributed by atoms with Gasteiger partial charge in [0, 0.05) is 17.1 Å². The molecule has 1 aliphatic carbocycles. The fourth-order valence-electron chi connectivity index (χ4n) is 6.53. The number of alkyl halides is 9. The number of benzene rings is 3. The third-order valence-electron chi connectivity index (χ3n) is 9.29. The lowest BCUT2D eigenvalue weighted by Crippen LogP contribution is -2.35. The number of methoxy groups -OCH3 is 2. The van der Waals surface area contributed by atoms with Crippen LogP contribution >= 0.6 is 11.6 Å². The van der Waals surface area contributed by atoms with Gasteiger partial charge in [-0.25, -0.2) is 9.59 Å². The van der Waals surface area contributed by atoms with E-state index in [0.717, 1.165) is 6.07 Å². The quantitative estimate of drug-likeness (QED) is 0.184. The predicted octanol–water partition coefficient (Wildman–Crippen LogP) is 11.7. The Balaban J connectivity index is 0.000000506. The number of hydrogen-bond donors (Lipinski definition) is 0. The Morgan fingerprint density at radius 1 is 0.926 bits per heavy atom. The third-order valence-corrected chi connectivity index (χ3v) is 9.52. The summed E-state index contributed by atoms with van der Waals surface area (Å²) in [5.41, 5.74) is -2.42. The van der Waals surface area contributed by atoms with Gasteiger partial charge in [0.05, 0.1) is 42.5 Å². The Kier molecular flexibility index (Phi) is 12.4. The van der Waals surface area contributed by atoms with Crippen molar-refractivity contribution in [3.05, 3.63) is 104 Å². The molecule has 3 aromatic carbocycles. The van der Waals surface area contributed by atoms with Crippen molar-refractivity contribution < 1.29 is 63.3 Å². The number of carbonyl (C=O) groups is 2. The van der Waals surface area contributed by atoms with Gasteiger partial charge in [0.15, 0.2) is 0 Å². The molecule has 1 heterocycles. The number of esters is 1. The number of allylic oxidation sites excluding steroid dienone is 1. The van der Waals surface area contributed by atoms with Gasteiger partial charge in [0.2, 0.25) is 0 Å². The van der Waals surface area contributed by atoms with E-state index in [1.54, 1.807) is 24.3 Å². The van der Waals surface area contributed by atoms with Crippen LogP contribution in [0.4, 0.5) is 44.3 Å². The molecule has 6 nitrogen and oxygen atoms in total. The molecule has 0 saturated carbocycles. The van der Waals surface area contributed by atoms with Gasteiger partial charge in [-0.2, -0.15) is 39.5 Å². The minimum Gasteiger partial charge on any atom is -0.496 e. The van der Waals surface area contributed by atoms with Crippen LogP contribution in [0.25, 0.3) is 5.57 Å². The predicted molar refractivity (Wildman–Crippen MR) is 182 cm³/mol. The Labute approximate surface area is 310 Å². The van der Waals surface area contributed by atoms with E-state index in [-0.39, 0.29) is 35.3 Å². The number of rotatable bonds is 6. The topological polar surface area (TPSA) is 65.1 Å². The summed E-state index contributed by atoms with van der Waals surface area (Å²) < 4.78 is 137. The molecule has 294 valence electrons. The van der Waals surface area contributed by atoms with E-state index in [9.17, 15) is 49.1 Å². The highest BCUT2D eigenvalue weighted by Crippen LogP contribution is 2.48. The zero-order valence-corrected chi connectivity index (χ0v) is 30.7. The molecule has 54 heavy (non-hydrogen) atoms. The molecular formula is C38H37ClF9NO5. The number of ether oxygens (including phenoxy) is 3. The lowest BCUT2D eigenvalue weighted by Gasteiger charge is -2.36. The molecule has 0 aromatic heterocycles. The number of aryl methyl sites for hydroxylation is 1. The second-order valence-electron chi connectivity index (χ2n) is 13.8. The summed E-state index contributed by atoms with van der Waals surface area (Å²) in [4.78, 5) is 25.1. The van der Waals surface area contributed by atoms with Crippen LogP contribution < -0.4 is 4.74 Å². The Morgan fingerprint density at radius 3 is 2.06 bits per heavy atom. The second kappa shape index (κ2) is 15.8. The lowest BCUT2D eigenvalue weighted by molar-refractivity contribution is -0.143. The average molecular weight is 794 g/mol. The highest BCUT2D eigenvalue weighted by molar-refractivity contribution is 6.30. The first-order chi connectivity index (χ1) is 24.9. The van der Waals surface area contributed by atoms with E-state index in [2.05, 4.69) is 4.74 Å². The molecule has 0 bridgehead atoms. The fraction of sp³-hybridized carbons (Fsp3) is 0.421. The maximum Gasteiger partial charge on any atom is 0.416 e. The monoisotopic (exact) mass is 793 g/mol. The van der Waals surface area contributed by atoms with E-state index in [0.29, 0.717) is 58.7 Å². The first kappa shape index (κ1) is 42.3. The summed E-state index contributed by atoms with van der Waals surface area (Å²) in [7, 11) is 2.58. The molecule has 2 atom stereocenters. The standard InChI is InChI=1S/C30H30F9NO3.C8H7ClO2/c1-15-8-22(24(42-5)12-23(15)30(37,38)39)21-6-7-27(3,4)13-18(21)14-40-16(2)25(43-26(40)41)17-9-19(28(31,32)33)11-20(10-17)29(34,35)36;1-11-8(10)6-3-2-4-7(9)5-6/h8-12,16,25H,6-7,13-14H2,1-5H3;2-5H,1H3. The summed E-state index contributed by atoms with van der Waals surface area (Å²) in [6.45, 7) is 6.65. The van der Waals surface area contributed by atoms with Gasteiger partial charge >= 0.3 is 30.6 Å². The van der Waals surface area contributed by atoms with E-state index in [1.165, 1.54) is 39.0 Å². The maximum absolute atomic E-state index is 13.6. The molecule has 16 heteroatoms. The van der Waals surface area contributed by atoms with Crippen molar-refractivity contribution >= 4 is 29.2 Å². The van der Waals surface area contributed by atoms with Crippen LogP contribution in [-0.4, -0.2) is 43.8 Å². The number of nitrogens with zero attached hydrogens (tertiary/aromatic N) is 1. The fourth-order valence-corrected chi connectivity index (χ4v) is 6.72. The van der Waals surface area contributed by atoms with Gasteiger partial charge in [0.1, 0.15) is 11.9 Å². The molecule has 3 aromatic rings. The Morgan fingerprint density at radius 2 is 1.54 bits per heavy atom. The number of hydrogen-bond acceptors (Lipinski definition) is 5. The van der Waals surface area contributed by atoms with E-state index < -0.39 is 59.0 Å². The molecule has 0 N–H and O–H groups in total. The van der Waals surface area contributed by atoms with Crippen molar-refractivity contribution in [2.75, 3.05) is 20.8 Å². The summed E-state index contributed by atoms with van der Waals surface area (Å²) in [6.07, 6.45) is -15.6. The van der Waals surface area contributed by atoms with E-state index >= 15 is 0 Å². The van der Waals surface area contributed by atoms with Gasteiger partial charge in [-0.15, -0.1) is 0 Å². The van der Waals surface area contributed by atoms with Crippen molar-refractivity contribution in [1.82, 2.24) is 4.90 Å². The van der Waals surface area contributed by atoms with Crippen LogP contribution in [0, 0.1) is 12.3 Å². The highest BCUT2D eigenvalue weighted by atomic mass is 35.5. The smallest absolute Gasteiger partial charge is 0.416 e. The number of halogens is 10. The zero-order chi connectivity index (χ0) is 40.6. The first-order valence-electron chi connectivity index (χ1n) is 16.4. The molecule has 2 aliphatic rings. The molecule has 0 spiro atoms. The highest BCUT2D eigenvalue weighted by Gasteiger charge is 2.44. The average Bonchev–Trinajstić information content (AvgIpc) is 3.34. The van der Waals surface area contributed by atoms with Gasteiger partial charge in [-0.1, -0.05) is 31.5 Å². The van der Waals surface area contributed by atoms with Crippen molar-refractivity contribution in [3.63, 3.8) is 0 Å². The molecule has 0 radical (unpaired) electrons. The number of cyclic esters (lactones) is 1. The Hall–Kier alpha value is -4.40.